The van der Waals surface area contributed by atoms with Crippen LogP contribution in [0.3, 0.4) is 0 Å². The highest BCUT2D eigenvalue weighted by Crippen LogP contribution is 2.35. The third kappa shape index (κ3) is 2.91. The van der Waals surface area contributed by atoms with Gasteiger partial charge in [0.05, 0.1) is 26.4 Å². The largest absolute Gasteiger partial charge is 0.497 e. The van der Waals surface area contributed by atoms with E-state index in [1.165, 1.54) is 11.3 Å². The van der Waals surface area contributed by atoms with Crippen molar-refractivity contribution in [2.24, 2.45) is 0 Å². The van der Waals surface area contributed by atoms with Gasteiger partial charge in [-0.3, -0.25) is 0 Å². The van der Waals surface area contributed by atoms with Crippen molar-refractivity contribution in [2.75, 3.05) is 20.8 Å². The lowest BCUT2D eigenvalue weighted by Gasteiger charge is -2.08. The third-order valence-electron chi connectivity index (χ3n) is 2.63. The number of benzene rings is 1. The molecule has 1 aromatic carbocycles. The second-order valence-electron chi connectivity index (χ2n) is 3.82. The van der Waals surface area contributed by atoms with Crippen molar-refractivity contribution < 1.29 is 19.0 Å². The van der Waals surface area contributed by atoms with Crippen molar-refractivity contribution in [3.8, 4) is 22.1 Å². The SMILES string of the molecule is CCOC(=O)c1csc(-c2ccc(OC)cc2OC)n1. The Kier molecular flexibility index (Phi) is 4.57. The first-order chi connectivity index (χ1) is 9.69. The zero-order valence-corrected chi connectivity index (χ0v) is 12.3. The molecule has 106 valence electrons. The second-order valence-corrected chi connectivity index (χ2v) is 4.68. The Morgan fingerprint density at radius 2 is 2.10 bits per heavy atom. The number of hydrogen-bond donors (Lipinski definition) is 0. The van der Waals surface area contributed by atoms with Crippen LogP contribution in [0.25, 0.3) is 10.6 Å². The molecule has 5 nitrogen and oxygen atoms in total. The van der Waals surface area contributed by atoms with Gasteiger partial charge in [-0.1, -0.05) is 0 Å². The fourth-order valence-electron chi connectivity index (χ4n) is 1.67. The second kappa shape index (κ2) is 6.38. The predicted molar refractivity (Wildman–Crippen MR) is 76.6 cm³/mol. The first kappa shape index (κ1) is 14.3. The Morgan fingerprint density at radius 1 is 1.30 bits per heavy atom. The molecule has 0 unspecified atom stereocenters. The van der Waals surface area contributed by atoms with E-state index >= 15 is 0 Å². The molecule has 1 heterocycles. The van der Waals surface area contributed by atoms with Crippen LogP contribution in [0.1, 0.15) is 17.4 Å². The molecule has 1 aromatic heterocycles. The maximum atomic E-state index is 11.6. The molecular formula is C14H15NO4S. The molecular weight excluding hydrogens is 278 g/mol. The number of hydrogen-bond acceptors (Lipinski definition) is 6. The minimum Gasteiger partial charge on any atom is -0.497 e. The van der Waals surface area contributed by atoms with Crippen molar-refractivity contribution in [3.63, 3.8) is 0 Å². The fraction of sp³-hybridized carbons (Fsp3) is 0.286. The van der Waals surface area contributed by atoms with Gasteiger partial charge in [0.2, 0.25) is 0 Å². The van der Waals surface area contributed by atoms with Gasteiger partial charge in [-0.05, 0) is 19.1 Å². The number of ether oxygens (including phenoxy) is 3. The van der Waals surface area contributed by atoms with Crippen molar-refractivity contribution in [1.29, 1.82) is 0 Å². The van der Waals surface area contributed by atoms with Gasteiger partial charge in [-0.2, -0.15) is 0 Å². The number of methoxy groups -OCH3 is 2. The zero-order valence-electron chi connectivity index (χ0n) is 11.5. The quantitative estimate of drug-likeness (QED) is 0.793. The highest BCUT2D eigenvalue weighted by molar-refractivity contribution is 7.13. The monoisotopic (exact) mass is 293 g/mol. The zero-order chi connectivity index (χ0) is 14.5. The summed E-state index contributed by atoms with van der Waals surface area (Å²) in [6, 6.07) is 5.45. The summed E-state index contributed by atoms with van der Waals surface area (Å²) in [6.45, 7) is 2.09. The van der Waals surface area contributed by atoms with Crippen LogP contribution in [0.2, 0.25) is 0 Å². The summed E-state index contributed by atoms with van der Waals surface area (Å²) in [5, 5.41) is 2.38. The van der Waals surface area contributed by atoms with Crippen molar-refractivity contribution in [2.45, 2.75) is 6.92 Å². The molecule has 2 rings (SSSR count). The first-order valence-electron chi connectivity index (χ1n) is 6.04. The Balaban J connectivity index is 2.34. The minimum atomic E-state index is -0.414. The van der Waals surface area contributed by atoms with Gasteiger partial charge in [-0.15, -0.1) is 11.3 Å². The maximum Gasteiger partial charge on any atom is 0.357 e. The van der Waals surface area contributed by atoms with E-state index in [0.29, 0.717) is 28.8 Å². The maximum absolute atomic E-state index is 11.6. The molecule has 6 heteroatoms. The van der Waals surface area contributed by atoms with E-state index in [0.717, 1.165) is 5.56 Å². The van der Waals surface area contributed by atoms with Gasteiger partial charge in [0, 0.05) is 11.4 Å². The highest BCUT2D eigenvalue weighted by atomic mass is 32.1. The molecule has 0 bridgehead atoms. The van der Waals surface area contributed by atoms with Gasteiger partial charge >= 0.3 is 5.97 Å². The van der Waals surface area contributed by atoms with Crippen LogP contribution in [0, 0.1) is 0 Å². The van der Waals surface area contributed by atoms with Gasteiger partial charge < -0.3 is 14.2 Å². The lowest BCUT2D eigenvalue weighted by atomic mass is 10.2. The van der Waals surface area contributed by atoms with Crippen LogP contribution in [-0.2, 0) is 4.74 Å². The van der Waals surface area contributed by atoms with Crippen LogP contribution in [0.4, 0.5) is 0 Å². The van der Waals surface area contributed by atoms with E-state index in [2.05, 4.69) is 4.98 Å². The molecule has 0 saturated heterocycles. The standard InChI is InChI=1S/C14H15NO4S/c1-4-19-14(16)11-8-20-13(15-11)10-6-5-9(17-2)7-12(10)18-3/h5-8H,4H2,1-3H3. The Hall–Kier alpha value is -2.08. The summed E-state index contributed by atoms with van der Waals surface area (Å²) >= 11 is 1.37. The van der Waals surface area contributed by atoms with Crippen LogP contribution in [0.15, 0.2) is 23.6 Å². The van der Waals surface area contributed by atoms with E-state index in [4.69, 9.17) is 14.2 Å². The van der Waals surface area contributed by atoms with Crippen LogP contribution in [0.5, 0.6) is 11.5 Å². The number of thiazole rings is 1. The normalized spacial score (nSPS) is 10.2. The summed E-state index contributed by atoms with van der Waals surface area (Å²) in [7, 11) is 3.18. The van der Waals surface area contributed by atoms with E-state index in [-0.39, 0.29) is 0 Å². The summed E-state index contributed by atoms with van der Waals surface area (Å²) in [5.74, 6) is 0.935. The lowest BCUT2D eigenvalue weighted by Crippen LogP contribution is -2.04. The third-order valence-corrected chi connectivity index (χ3v) is 3.50. The molecule has 2 aromatic rings. The molecule has 0 N–H and O–H groups in total. The molecule has 0 aliphatic heterocycles. The number of aromatic nitrogens is 1. The van der Waals surface area contributed by atoms with Gasteiger partial charge in [0.15, 0.2) is 5.69 Å². The predicted octanol–water partition coefficient (Wildman–Crippen LogP) is 3.00. The van der Waals surface area contributed by atoms with E-state index < -0.39 is 5.97 Å². The molecule has 0 amide bonds. The van der Waals surface area contributed by atoms with Gasteiger partial charge in [0.1, 0.15) is 16.5 Å². The molecule has 0 fully saturated rings. The van der Waals surface area contributed by atoms with Crippen molar-refractivity contribution in [1.82, 2.24) is 4.98 Å². The first-order valence-corrected chi connectivity index (χ1v) is 6.92. The fourth-order valence-corrected chi connectivity index (χ4v) is 2.49. The minimum absolute atomic E-state index is 0.310. The summed E-state index contributed by atoms with van der Waals surface area (Å²) in [5.41, 5.74) is 1.12. The van der Waals surface area contributed by atoms with Crippen molar-refractivity contribution >= 4 is 17.3 Å². The van der Waals surface area contributed by atoms with Gasteiger partial charge in [-0.25, -0.2) is 9.78 Å². The Labute approximate surface area is 121 Å². The number of nitrogens with zero attached hydrogens (tertiary/aromatic N) is 1. The van der Waals surface area contributed by atoms with E-state index in [9.17, 15) is 4.79 Å². The lowest BCUT2D eigenvalue weighted by molar-refractivity contribution is 0.0520. The molecule has 0 aliphatic carbocycles. The average Bonchev–Trinajstić information content (AvgIpc) is 2.96. The molecule has 0 radical (unpaired) electrons. The number of carbonyl (C=O) groups excluding carboxylic acids is 1. The Morgan fingerprint density at radius 3 is 2.75 bits per heavy atom. The van der Waals surface area contributed by atoms with E-state index in [1.54, 1.807) is 32.6 Å². The summed E-state index contributed by atoms with van der Waals surface area (Å²) in [6.07, 6.45) is 0. The van der Waals surface area contributed by atoms with Crippen LogP contribution >= 0.6 is 11.3 Å². The highest BCUT2D eigenvalue weighted by Gasteiger charge is 2.15. The molecule has 0 saturated carbocycles. The molecule has 0 aliphatic rings. The van der Waals surface area contributed by atoms with Gasteiger partial charge in [0.25, 0.3) is 0 Å². The number of carbonyl (C=O) groups is 1. The summed E-state index contributed by atoms with van der Waals surface area (Å²) in [4.78, 5) is 15.9. The average molecular weight is 293 g/mol. The Bertz CT molecular complexity index is 609. The smallest absolute Gasteiger partial charge is 0.357 e. The molecule has 20 heavy (non-hydrogen) atoms. The molecule has 0 atom stereocenters. The van der Waals surface area contributed by atoms with Crippen LogP contribution in [-0.4, -0.2) is 31.8 Å². The number of rotatable bonds is 5. The molecule has 0 spiro atoms. The van der Waals surface area contributed by atoms with Crippen molar-refractivity contribution in [3.05, 3.63) is 29.3 Å². The van der Waals surface area contributed by atoms with E-state index in [1.807, 2.05) is 12.1 Å². The number of esters is 1. The van der Waals surface area contributed by atoms with Crippen LogP contribution < -0.4 is 9.47 Å². The summed E-state index contributed by atoms with van der Waals surface area (Å²) < 4.78 is 15.4. The topological polar surface area (TPSA) is 57.7 Å².